The lowest BCUT2D eigenvalue weighted by molar-refractivity contribution is 0.0955. The molecule has 0 aliphatic carbocycles. The first-order valence-electron chi connectivity index (χ1n) is 8.18. The first kappa shape index (κ1) is 21.8. The Bertz CT molecular complexity index is 1110. The van der Waals surface area contributed by atoms with Gasteiger partial charge in [-0.05, 0) is 67.8 Å². The number of nitrogens with zero attached hydrogens (tertiary/aromatic N) is 1. The zero-order valence-electron chi connectivity index (χ0n) is 14.8. The highest BCUT2D eigenvalue weighted by molar-refractivity contribution is 9.11. The monoisotopic (exact) mass is 542 g/mol. The van der Waals surface area contributed by atoms with Crippen LogP contribution in [-0.2, 0) is 0 Å². The van der Waals surface area contributed by atoms with Crippen LogP contribution in [-0.4, -0.2) is 17.2 Å². The average Bonchev–Trinajstić information content (AvgIpc) is 2.70. The molecule has 0 spiro atoms. The first-order valence-corrected chi connectivity index (χ1v) is 9.77. The number of amides is 1. The maximum absolute atomic E-state index is 13.3. The highest BCUT2D eigenvalue weighted by Gasteiger charge is 2.13. The second-order valence-electron chi connectivity index (χ2n) is 5.86. The van der Waals surface area contributed by atoms with Crippen molar-refractivity contribution >= 4 is 44.0 Å². The minimum Gasteiger partial charge on any atom is -0.506 e. The van der Waals surface area contributed by atoms with Gasteiger partial charge in [0.15, 0.2) is 17.5 Å². The number of halogens is 5. The summed E-state index contributed by atoms with van der Waals surface area (Å²) in [7, 11) is 0. The number of phenolic OH excluding ortho intramolecular Hbond substituents is 1. The summed E-state index contributed by atoms with van der Waals surface area (Å²) in [6.07, 6.45) is 1.37. The van der Waals surface area contributed by atoms with E-state index in [1.165, 1.54) is 30.5 Å². The summed E-state index contributed by atoms with van der Waals surface area (Å²) < 4.78 is 45.8. The van der Waals surface area contributed by atoms with Crippen molar-refractivity contribution in [3.05, 3.63) is 86.1 Å². The lowest BCUT2D eigenvalue weighted by Crippen LogP contribution is -2.17. The highest BCUT2D eigenvalue weighted by Crippen LogP contribution is 2.32. The molecule has 0 heterocycles. The van der Waals surface area contributed by atoms with Crippen molar-refractivity contribution in [3.8, 4) is 17.2 Å². The number of ether oxygens (including phenoxy) is 1. The molecule has 0 fully saturated rings. The SMILES string of the molecule is O=C(NN=Cc1cc(Br)c(O)c(Br)c1)c1cccc(Oc2cc(F)c(F)c(F)c2)c1. The fraction of sp³-hybridized carbons (Fsp3) is 0. The highest BCUT2D eigenvalue weighted by atomic mass is 79.9. The summed E-state index contributed by atoms with van der Waals surface area (Å²) in [5, 5.41) is 13.5. The Hall–Kier alpha value is -2.85. The molecule has 0 bridgehead atoms. The Morgan fingerprint density at radius 3 is 2.27 bits per heavy atom. The van der Waals surface area contributed by atoms with E-state index in [4.69, 9.17) is 4.74 Å². The van der Waals surface area contributed by atoms with Crippen molar-refractivity contribution in [2.24, 2.45) is 5.10 Å². The summed E-state index contributed by atoms with van der Waals surface area (Å²) in [4.78, 5) is 12.3. The third-order valence-electron chi connectivity index (χ3n) is 3.71. The Kier molecular flexibility index (Phi) is 6.78. The Balaban J connectivity index is 1.70. The maximum Gasteiger partial charge on any atom is 0.271 e. The van der Waals surface area contributed by atoms with E-state index in [0.717, 1.165) is 0 Å². The van der Waals surface area contributed by atoms with Gasteiger partial charge in [0.2, 0.25) is 0 Å². The fourth-order valence-electron chi connectivity index (χ4n) is 2.32. The molecule has 30 heavy (non-hydrogen) atoms. The molecule has 5 nitrogen and oxygen atoms in total. The number of hydrazone groups is 1. The van der Waals surface area contributed by atoms with Gasteiger partial charge < -0.3 is 9.84 Å². The number of phenols is 1. The largest absolute Gasteiger partial charge is 0.506 e. The van der Waals surface area contributed by atoms with Gasteiger partial charge in [-0.25, -0.2) is 18.6 Å². The molecule has 0 saturated carbocycles. The molecule has 0 aliphatic heterocycles. The van der Waals surface area contributed by atoms with Crippen molar-refractivity contribution in [3.63, 3.8) is 0 Å². The molecule has 2 N–H and O–H groups in total. The smallest absolute Gasteiger partial charge is 0.271 e. The van der Waals surface area contributed by atoms with Gasteiger partial charge in [0.1, 0.15) is 17.2 Å². The lowest BCUT2D eigenvalue weighted by atomic mass is 10.2. The number of nitrogens with one attached hydrogen (secondary N) is 1. The van der Waals surface area contributed by atoms with Gasteiger partial charge in [-0.1, -0.05) is 6.07 Å². The Labute approximate surface area is 185 Å². The molecule has 10 heteroatoms. The van der Waals surface area contributed by atoms with Crippen LogP contribution in [0.1, 0.15) is 15.9 Å². The number of benzene rings is 3. The van der Waals surface area contributed by atoms with Crippen LogP contribution in [0.4, 0.5) is 13.2 Å². The minimum absolute atomic E-state index is 0.0360. The zero-order chi connectivity index (χ0) is 21.8. The van der Waals surface area contributed by atoms with E-state index in [9.17, 15) is 23.1 Å². The van der Waals surface area contributed by atoms with Gasteiger partial charge in [-0.2, -0.15) is 5.10 Å². The predicted molar refractivity (Wildman–Crippen MR) is 111 cm³/mol. The van der Waals surface area contributed by atoms with E-state index < -0.39 is 23.4 Å². The molecule has 0 atom stereocenters. The van der Waals surface area contributed by atoms with Crippen LogP contribution in [0.25, 0.3) is 0 Å². The molecule has 3 rings (SSSR count). The van der Waals surface area contributed by atoms with E-state index in [-0.39, 0.29) is 22.8 Å². The molecule has 0 aromatic heterocycles. The third-order valence-corrected chi connectivity index (χ3v) is 4.92. The van der Waals surface area contributed by atoms with E-state index in [2.05, 4.69) is 42.4 Å². The van der Waals surface area contributed by atoms with Crippen molar-refractivity contribution < 1.29 is 27.8 Å². The van der Waals surface area contributed by atoms with E-state index >= 15 is 0 Å². The van der Waals surface area contributed by atoms with Gasteiger partial charge in [0.25, 0.3) is 5.91 Å². The molecule has 3 aromatic carbocycles. The summed E-state index contributed by atoms with van der Waals surface area (Å²) in [5.41, 5.74) is 3.10. The lowest BCUT2D eigenvalue weighted by Gasteiger charge is -2.08. The molecule has 0 aliphatic rings. The topological polar surface area (TPSA) is 70.9 Å². The second kappa shape index (κ2) is 9.31. The predicted octanol–water partition coefficient (Wildman–Crippen LogP) is 5.89. The molecular formula is C20H11Br2F3N2O3. The van der Waals surface area contributed by atoms with Crippen LogP contribution < -0.4 is 10.2 Å². The molecular weight excluding hydrogens is 533 g/mol. The zero-order valence-corrected chi connectivity index (χ0v) is 18.0. The number of carbonyl (C=O) groups is 1. The fourth-order valence-corrected chi connectivity index (χ4v) is 3.54. The van der Waals surface area contributed by atoms with Gasteiger partial charge in [-0.15, -0.1) is 0 Å². The molecule has 0 saturated heterocycles. The number of hydrogen-bond donors (Lipinski definition) is 2. The summed E-state index contributed by atoms with van der Waals surface area (Å²) in [6, 6.07) is 10.4. The Morgan fingerprint density at radius 2 is 1.63 bits per heavy atom. The number of carbonyl (C=O) groups excluding carboxylic acids is 1. The average molecular weight is 544 g/mol. The van der Waals surface area contributed by atoms with E-state index in [1.54, 1.807) is 12.1 Å². The van der Waals surface area contributed by atoms with Crippen LogP contribution >= 0.6 is 31.9 Å². The van der Waals surface area contributed by atoms with Gasteiger partial charge >= 0.3 is 0 Å². The van der Waals surface area contributed by atoms with Crippen molar-refractivity contribution in [2.45, 2.75) is 0 Å². The number of aromatic hydroxyl groups is 1. The second-order valence-corrected chi connectivity index (χ2v) is 7.57. The quantitative estimate of drug-likeness (QED) is 0.239. The van der Waals surface area contributed by atoms with Crippen LogP contribution in [0.15, 0.2) is 62.6 Å². The number of hydrogen-bond acceptors (Lipinski definition) is 4. The molecule has 0 unspecified atom stereocenters. The first-order chi connectivity index (χ1) is 14.2. The Morgan fingerprint density at radius 1 is 1.00 bits per heavy atom. The number of rotatable bonds is 5. The summed E-state index contributed by atoms with van der Waals surface area (Å²) in [6.45, 7) is 0. The maximum atomic E-state index is 13.3. The standard InChI is InChI=1S/C20H11Br2F3N2O3/c21-14-4-10(5-15(22)19(14)28)9-26-27-20(29)11-2-1-3-12(6-11)30-13-7-16(23)18(25)17(24)8-13/h1-9,28H,(H,27,29). The molecule has 1 amide bonds. The van der Waals surface area contributed by atoms with Crippen molar-refractivity contribution in [2.75, 3.05) is 0 Å². The van der Waals surface area contributed by atoms with Gasteiger partial charge in [-0.3, -0.25) is 4.79 Å². The van der Waals surface area contributed by atoms with Crippen LogP contribution in [0, 0.1) is 17.5 Å². The van der Waals surface area contributed by atoms with Crippen molar-refractivity contribution in [1.82, 2.24) is 5.43 Å². The summed E-state index contributed by atoms with van der Waals surface area (Å²) >= 11 is 6.38. The molecule has 0 radical (unpaired) electrons. The third kappa shape index (κ3) is 5.19. The van der Waals surface area contributed by atoms with Gasteiger partial charge in [0.05, 0.1) is 15.2 Å². The van der Waals surface area contributed by atoms with Crippen LogP contribution in [0.3, 0.4) is 0 Å². The van der Waals surface area contributed by atoms with Crippen LogP contribution in [0.2, 0.25) is 0 Å². The van der Waals surface area contributed by atoms with E-state index in [0.29, 0.717) is 26.6 Å². The normalized spacial score (nSPS) is 11.0. The molecule has 154 valence electrons. The molecule has 3 aromatic rings. The van der Waals surface area contributed by atoms with E-state index in [1.807, 2.05) is 0 Å². The van der Waals surface area contributed by atoms with Crippen molar-refractivity contribution in [1.29, 1.82) is 0 Å². The summed E-state index contributed by atoms with van der Waals surface area (Å²) in [5.74, 6) is -5.05. The minimum atomic E-state index is -1.60. The van der Waals surface area contributed by atoms with Crippen LogP contribution in [0.5, 0.6) is 17.2 Å². The van der Waals surface area contributed by atoms with Gasteiger partial charge in [0, 0.05) is 17.7 Å².